The molecule has 0 heterocycles. The fourth-order valence-electron chi connectivity index (χ4n) is 2.55. The highest BCUT2D eigenvalue weighted by atomic mass is 16.3. The van der Waals surface area contributed by atoms with Gasteiger partial charge in [0.2, 0.25) is 0 Å². The normalized spacial score (nSPS) is 25.6. The van der Waals surface area contributed by atoms with E-state index in [0.717, 1.165) is 12.8 Å². The van der Waals surface area contributed by atoms with Crippen LogP contribution in [-0.2, 0) is 0 Å². The molecule has 17 heavy (non-hydrogen) atoms. The first-order chi connectivity index (χ1) is 8.05. The molecule has 0 spiro atoms. The van der Waals surface area contributed by atoms with E-state index in [9.17, 15) is 9.90 Å². The van der Waals surface area contributed by atoms with E-state index < -0.39 is 5.54 Å². The summed E-state index contributed by atoms with van der Waals surface area (Å²) in [6, 6.07) is 0.110. The van der Waals surface area contributed by atoms with Gasteiger partial charge in [0.1, 0.15) is 0 Å². The predicted octanol–water partition coefficient (Wildman–Crippen LogP) is 1.64. The zero-order valence-corrected chi connectivity index (χ0v) is 10.8. The lowest BCUT2D eigenvalue weighted by atomic mass is 9.80. The van der Waals surface area contributed by atoms with Gasteiger partial charge < -0.3 is 15.7 Å². The fourth-order valence-corrected chi connectivity index (χ4v) is 2.55. The fraction of sp³-hybridized carbons (Fsp3) is 0.923. The van der Waals surface area contributed by atoms with Crippen molar-refractivity contribution >= 4 is 6.03 Å². The molecule has 3 N–H and O–H groups in total. The standard InChI is InChI=1S/C13H24N2O2/c1-9(10-4-3-5-10)14-12(17)15-13(2,8-16)11-6-7-11/h9-11,16H,3-8H2,1-2H3,(H2,14,15,17). The Kier molecular flexibility index (Phi) is 3.61. The van der Waals surface area contributed by atoms with E-state index >= 15 is 0 Å². The van der Waals surface area contributed by atoms with Gasteiger partial charge >= 0.3 is 6.03 Å². The lowest BCUT2D eigenvalue weighted by molar-refractivity contribution is 0.150. The average molecular weight is 240 g/mol. The lowest BCUT2D eigenvalue weighted by Gasteiger charge is -2.34. The van der Waals surface area contributed by atoms with E-state index in [1.807, 2.05) is 6.92 Å². The van der Waals surface area contributed by atoms with Crippen molar-refractivity contribution in [2.45, 2.75) is 57.5 Å². The summed E-state index contributed by atoms with van der Waals surface area (Å²) >= 11 is 0. The summed E-state index contributed by atoms with van der Waals surface area (Å²) in [5, 5.41) is 15.3. The second-order valence-electron chi connectivity index (χ2n) is 5.93. The van der Waals surface area contributed by atoms with Crippen LogP contribution in [0, 0.1) is 11.8 Å². The quantitative estimate of drug-likeness (QED) is 0.684. The number of amides is 2. The van der Waals surface area contributed by atoms with E-state index in [-0.39, 0.29) is 18.7 Å². The van der Waals surface area contributed by atoms with E-state index in [1.165, 1.54) is 19.3 Å². The maximum Gasteiger partial charge on any atom is 0.315 e. The molecule has 2 aliphatic carbocycles. The monoisotopic (exact) mass is 240 g/mol. The van der Waals surface area contributed by atoms with Crippen LogP contribution in [-0.4, -0.2) is 29.3 Å². The number of hydrogen-bond donors (Lipinski definition) is 3. The number of hydrogen-bond acceptors (Lipinski definition) is 2. The third kappa shape index (κ3) is 2.92. The first-order valence-corrected chi connectivity index (χ1v) is 6.74. The minimum Gasteiger partial charge on any atom is -0.394 e. The largest absolute Gasteiger partial charge is 0.394 e. The summed E-state index contributed by atoms with van der Waals surface area (Å²) in [5.41, 5.74) is -0.441. The van der Waals surface area contributed by atoms with E-state index in [1.54, 1.807) is 0 Å². The van der Waals surface area contributed by atoms with Gasteiger partial charge in [-0.1, -0.05) is 6.42 Å². The average Bonchev–Trinajstić information content (AvgIpc) is 2.96. The van der Waals surface area contributed by atoms with Crippen LogP contribution in [0.25, 0.3) is 0 Å². The summed E-state index contributed by atoms with van der Waals surface area (Å²) in [4.78, 5) is 11.9. The van der Waals surface area contributed by atoms with Crippen molar-refractivity contribution in [3.63, 3.8) is 0 Å². The van der Waals surface area contributed by atoms with Gasteiger partial charge in [0, 0.05) is 6.04 Å². The van der Waals surface area contributed by atoms with Crippen LogP contribution in [0.15, 0.2) is 0 Å². The Morgan fingerprint density at radius 1 is 1.41 bits per heavy atom. The number of rotatable bonds is 5. The van der Waals surface area contributed by atoms with Gasteiger partial charge in [-0.2, -0.15) is 0 Å². The highest BCUT2D eigenvalue weighted by molar-refractivity contribution is 5.75. The molecule has 2 aliphatic rings. The number of nitrogens with one attached hydrogen (secondary N) is 2. The first-order valence-electron chi connectivity index (χ1n) is 6.74. The third-order valence-corrected chi connectivity index (χ3v) is 4.42. The van der Waals surface area contributed by atoms with Gasteiger partial charge in [0.05, 0.1) is 12.1 Å². The second kappa shape index (κ2) is 4.84. The van der Waals surface area contributed by atoms with Crippen molar-refractivity contribution in [3.8, 4) is 0 Å². The number of aliphatic hydroxyl groups excluding tert-OH is 1. The molecule has 0 aromatic rings. The van der Waals surface area contributed by atoms with Gasteiger partial charge in [-0.3, -0.25) is 0 Å². The summed E-state index contributed by atoms with van der Waals surface area (Å²) in [5.74, 6) is 1.08. The summed E-state index contributed by atoms with van der Waals surface area (Å²) in [6.45, 7) is 4.01. The molecule has 98 valence electrons. The third-order valence-electron chi connectivity index (χ3n) is 4.42. The molecule has 0 aromatic heterocycles. The Labute approximate surface area is 103 Å². The van der Waals surface area contributed by atoms with Crippen LogP contribution in [0.3, 0.4) is 0 Å². The zero-order chi connectivity index (χ0) is 12.5. The van der Waals surface area contributed by atoms with E-state index in [2.05, 4.69) is 17.6 Å². The molecule has 2 atom stereocenters. The van der Waals surface area contributed by atoms with E-state index in [4.69, 9.17) is 0 Å². The maximum atomic E-state index is 11.9. The molecular weight excluding hydrogens is 216 g/mol. The lowest BCUT2D eigenvalue weighted by Crippen LogP contribution is -2.56. The van der Waals surface area contributed by atoms with Crippen molar-refractivity contribution in [2.24, 2.45) is 11.8 Å². The minimum absolute atomic E-state index is 0.0168. The Balaban J connectivity index is 1.79. The van der Waals surface area contributed by atoms with Crippen molar-refractivity contribution in [1.82, 2.24) is 10.6 Å². The Morgan fingerprint density at radius 2 is 2.06 bits per heavy atom. The highest BCUT2D eigenvalue weighted by Gasteiger charge is 2.42. The Morgan fingerprint density at radius 3 is 2.47 bits per heavy atom. The van der Waals surface area contributed by atoms with Crippen LogP contribution in [0.1, 0.15) is 46.0 Å². The molecule has 0 saturated heterocycles. The predicted molar refractivity (Wildman–Crippen MR) is 66.7 cm³/mol. The van der Waals surface area contributed by atoms with Gasteiger partial charge in [-0.15, -0.1) is 0 Å². The van der Waals surface area contributed by atoms with Gasteiger partial charge in [-0.05, 0) is 51.4 Å². The van der Waals surface area contributed by atoms with Crippen LogP contribution in [0.4, 0.5) is 4.79 Å². The molecule has 2 fully saturated rings. The number of aliphatic hydroxyl groups is 1. The van der Waals surface area contributed by atoms with Crippen molar-refractivity contribution in [2.75, 3.05) is 6.61 Å². The molecule has 2 rings (SSSR count). The Bertz CT molecular complexity index is 287. The smallest absolute Gasteiger partial charge is 0.315 e. The number of urea groups is 1. The van der Waals surface area contributed by atoms with E-state index in [0.29, 0.717) is 11.8 Å². The van der Waals surface area contributed by atoms with Crippen LogP contribution >= 0.6 is 0 Å². The van der Waals surface area contributed by atoms with Crippen LogP contribution < -0.4 is 10.6 Å². The van der Waals surface area contributed by atoms with Gasteiger partial charge in [0.15, 0.2) is 0 Å². The molecule has 2 amide bonds. The van der Waals surface area contributed by atoms with Crippen molar-refractivity contribution < 1.29 is 9.90 Å². The molecule has 0 radical (unpaired) electrons. The maximum absolute atomic E-state index is 11.9. The van der Waals surface area contributed by atoms with Crippen LogP contribution in [0.2, 0.25) is 0 Å². The topological polar surface area (TPSA) is 61.4 Å². The summed E-state index contributed by atoms with van der Waals surface area (Å²) in [7, 11) is 0. The summed E-state index contributed by atoms with van der Waals surface area (Å²) in [6.07, 6.45) is 5.95. The number of carbonyl (C=O) groups is 1. The van der Waals surface area contributed by atoms with Crippen molar-refractivity contribution in [3.05, 3.63) is 0 Å². The van der Waals surface area contributed by atoms with Crippen molar-refractivity contribution in [1.29, 1.82) is 0 Å². The Hall–Kier alpha value is -0.770. The molecule has 0 bridgehead atoms. The SMILES string of the molecule is CC(NC(=O)NC(C)(CO)C1CC1)C1CCC1. The highest BCUT2D eigenvalue weighted by Crippen LogP contribution is 2.39. The molecule has 0 aliphatic heterocycles. The van der Waals surface area contributed by atoms with Gasteiger partial charge in [0.25, 0.3) is 0 Å². The molecule has 2 unspecified atom stereocenters. The van der Waals surface area contributed by atoms with Gasteiger partial charge in [-0.25, -0.2) is 4.79 Å². The molecule has 0 aromatic carbocycles. The molecule has 2 saturated carbocycles. The second-order valence-corrected chi connectivity index (χ2v) is 5.93. The van der Waals surface area contributed by atoms with Crippen LogP contribution in [0.5, 0.6) is 0 Å². The molecule has 4 heteroatoms. The first kappa shape index (κ1) is 12.7. The molecule has 4 nitrogen and oxygen atoms in total. The number of carbonyl (C=O) groups excluding carboxylic acids is 1. The zero-order valence-electron chi connectivity index (χ0n) is 10.8. The molecular formula is C13H24N2O2. The minimum atomic E-state index is -0.441. The summed E-state index contributed by atoms with van der Waals surface area (Å²) < 4.78 is 0.